The Hall–Kier alpha value is -1.65. The van der Waals surface area contributed by atoms with Crippen molar-refractivity contribution < 1.29 is 9.90 Å². The van der Waals surface area contributed by atoms with Crippen LogP contribution in [-0.2, 0) is 30.6 Å². The van der Waals surface area contributed by atoms with E-state index < -0.39 is 5.97 Å². The monoisotopic (exact) mass is 294 g/mol. The van der Waals surface area contributed by atoms with Crippen molar-refractivity contribution >= 4 is 5.97 Å². The minimum Gasteiger partial charge on any atom is -0.481 e. The van der Waals surface area contributed by atoms with Crippen molar-refractivity contribution in [2.24, 2.45) is 5.92 Å². The summed E-state index contributed by atoms with van der Waals surface area (Å²) in [7, 11) is 0. The van der Waals surface area contributed by atoms with Crippen LogP contribution in [0.2, 0.25) is 0 Å². The maximum absolute atomic E-state index is 12.2. The van der Waals surface area contributed by atoms with Crippen LogP contribution in [0.5, 0.6) is 0 Å². The second-order valence-electron chi connectivity index (χ2n) is 5.73. The SMILES string of the molecule is CCc1nc(=O)n(CCCC(C)C)c(CC)c1CC(=O)O. The number of rotatable bonds is 8. The zero-order valence-electron chi connectivity index (χ0n) is 13.5. The molecule has 5 heteroatoms. The maximum atomic E-state index is 12.2. The van der Waals surface area contributed by atoms with E-state index in [-0.39, 0.29) is 12.1 Å². The van der Waals surface area contributed by atoms with Gasteiger partial charge in [-0.1, -0.05) is 27.7 Å². The zero-order chi connectivity index (χ0) is 16.0. The van der Waals surface area contributed by atoms with Crippen LogP contribution in [0.4, 0.5) is 0 Å². The number of hydrogen-bond acceptors (Lipinski definition) is 3. The van der Waals surface area contributed by atoms with E-state index in [1.165, 1.54) is 0 Å². The fourth-order valence-electron chi connectivity index (χ4n) is 2.63. The van der Waals surface area contributed by atoms with Crippen LogP contribution in [0.25, 0.3) is 0 Å². The summed E-state index contributed by atoms with van der Waals surface area (Å²) in [5, 5.41) is 9.10. The second kappa shape index (κ2) is 7.96. The van der Waals surface area contributed by atoms with E-state index >= 15 is 0 Å². The van der Waals surface area contributed by atoms with Crippen molar-refractivity contribution in [3.63, 3.8) is 0 Å². The number of carboxylic acid groups (broad SMARTS) is 1. The van der Waals surface area contributed by atoms with Gasteiger partial charge in [0.15, 0.2) is 0 Å². The van der Waals surface area contributed by atoms with Gasteiger partial charge < -0.3 is 5.11 Å². The Kier molecular flexibility index (Phi) is 6.59. The molecule has 1 aromatic heterocycles. The lowest BCUT2D eigenvalue weighted by Crippen LogP contribution is -2.30. The highest BCUT2D eigenvalue weighted by molar-refractivity contribution is 5.71. The number of hydrogen-bond donors (Lipinski definition) is 1. The Bertz CT molecular complexity index is 547. The molecule has 0 unspecified atom stereocenters. The molecule has 21 heavy (non-hydrogen) atoms. The summed E-state index contributed by atoms with van der Waals surface area (Å²) in [6, 6.07) is 0. The lowest BCUT2D eigenvalue weighted by molar-refractivity contribution is -0.136. The van der Waals surface area contributed by atoms with Crippen LogP contribution in [0.1, 0.15) is 57.5 Å². The summed E-state index contributed by atoms with van der Waals surface area (Å²) in [6.07, 6.45) is 3.11. The first-order chi connectivity index (χ1) is 9.90. The van der Waals surface area contributed by atoms with Gasteiger partial charge in [-0.25, -0.2) is 4.79 Å². The molecule has 1 N–H and O–H groups in total. The highest BCUT2D eigenvalue weighted by atomic mass is 16.4. The molecule has 0 fully saturated rings. The predicted molar refractivity (Wildman–Crippen MR) is 82.7 cm³/mol. The highest BCUT2D eigenvalue weighted by Crippen LogP contribution is 2.15. The minimum atomic E-state index is -0.881. The van der Waals surface area contributed by atoms with Crippen LogP contribution in [-0.4, -0.2) is 20.6 Å². The third-order valence-corrected chi connectivity index (χ3v) is 3.64. The number of aromatic nitrogens is 2. The minimum absolute atomic E-state index is 0.0657. The third kappa shape index (κ3) is 4.69. The topological polar surface area (TPSA) is 72.2 Å². The van der Waals surface area contributed by atoms with Crippen LogP contribution in [0.3, 0.4) is 0 Å². The maximum Gasteiger partial charge on any atom is 0.347 e. The van der Waals surface area contributed by atoms with E-state index in [2.05, 4.69) is 18.8 Å². The number of aryl methyl sites for hydroxylation is 1. The molecule has 0 atom stereocenters. The normalized spacial score (nSPS) is 11.1. The largest absolute Gasteiger partial charge is 0.481 e. The lowest BCUT2D eigenvalue weighted by Gasteiger charge is -2.17. The average Bonchev–Trinajstić information content (AvgIpc) is 2.40. The van der Waals surface area contributed by atoms with Gasteiger partial charge >= 0.3 is 11.7 Å². The van der Waals surface area contributed by atoms with Gasteiger partial charge in [-0.05, 0) is 31.6 Å². The third-order valence-electron chi connectivity index (χ3n) is 3.64. The van der Waals surface area contributed by atoms with E-state index in [4.69, 9.17) is 5.11 Å². The quantitative estimate of drug-likeness (QED) is 0.799. The van der Waals surface area contributed by atoms with Crippen molar-refractivity contribution in [3.05, 3.63) is 27.4 Å². The van der Waals surface area contributed by atoms with Crippen molar-refractivity contribution in [1.29, 1.82) is 0 Å². The molecular formula is C16H26N2O3. The van der Waals surface area contributed by atoms with Crippen LogP contribution < -0.4 is 5.69 Å². The second-order valence-corrected chi connectivity index (χ2v) is 5.73. The zero-order valence-corrected chi connectivity index (χ0v) is 13.5. The molecule has 0 saturated carbocycles. The molecule has 0 amide bonds. The first-order valence-electron chi connectivity index (χ1n) is 7.73. The number of aliphatic carboxylic acids is 1. The molecule has 0 aliphatic rings. The molecule has 0 radical (unpaired) electrons. The Morgan fingerprint density at radius 1 is 1.29 bits per heavy atom. The molecule has 0 bridgehead atoms. The first kappa shape index (κ1) is 17.4. The van der Waals surface area contributed by atoms with Crippen molar-refractivity contribution in [2.45, 2.75) is 66.3 Å². The summed E-state index contributed by atoms with van der Waals surface area (Å²) in [6.45, 7) is 8.77. The summed E-state index contributed by atoms with van der Waals surface area (Å²) < 4.78 is 1.67. The summed E-state index contributed by atoms with van der Waals surface area (Å²) in [5.41, 5.74) is 1.93. The van der Waals surface area contributed by atoms with E-state index in [1.54, 1.807) is 4.57 Å². The smallest absolute Gasteiger partial charge is 0.347 e. The van der Waals surface area contributed by atoms with Gasteiger partial charge in [-0.2, -0.15) is 4.98 Å². The van der Waals surface area contributed by atoms with Gasteiger partial charge in [0.25, 0.3) is 0 Å². The first-order valence-corrected chi connectivity index (χ1v) is 7.73. The van der Waals surface area contributed by atoms with Gasteiger partial charge in [-0.15, -0.1) is 0 Å². The molecule has 0 spiro atoms. The van der Waals surface area contributed by atoms with Crippen LogP contribution in [0.15, 0.2) is 4.79 Å². The van der Waals surface area contributed by atoms with Crippen molar-refractivity contribution in [1.82, 2.24) is 9.55 Å². The highest BCUT2D eigenvalue weighted by Gasteiger charge is 2.17. The van der Waals surface area contributed by atoms with E-state index in [1.807, 2.05) is 13.8 Å². The standard InChI is InChI=1S/C16H26N2O3/c1-5-13-12(10-15(19)20)14(6-2)18(16(21)17-13)9-7-8-11(3)4/h11H,5-10H2,1-4H3,(H,19,20). The fraction of sp³-hybridized carbons (Fsp3) is 0.688. The predicted octanol–water partition coefficient (Wildman–Crippen LogP) is 2.43. The van der Waals surface area contributed by atoms with Crippen LogP contribution >= 0.6 is 0 Å². The molecule has 5 nitrogen and oxygen atoms in total. The van der Waals surface area contributed by atoms with Gasteiger partial charge in [0.05, 0.1) is 12.1 Å². The molecule has 118 valence electrons. The molecule has 1 heterocycles. The summed E-state index contributed by atoms with van der Waals surface area (Å²) in [5.74, 6) is -0.291. The Morgan fingerprint density at radius 3 is 2.43 bits per heavy atom. The van der Waals surface area contributed by atoms with Crippen molar-refractivity contribution in [3.8, 4) is 0 Å². The van der Waals surface area contributed by atoms with E-state index in [9.17, 15) is 9.59 Å². The van der Waals surface area contributed by atoms with Gasteiger partial charge in [0.2, 0.25) is 0 Å². The summed E-state index contributed by atoms with van der Waals surface area (Å²) in [4.78, 5) is 27.4. The van der Waals surface area contributed by atoms with Gasteiger partial charge in [0.1, 0.15) is 0 Å². The molecular weight excluding hydrogens is 268 g/mol. The van der Waals surface area contributed by atoms with E-state index in [0.29, 0.717) is 31.0 Å². The molecule has 0 aliphatic carbocycles. The molecule has 1 aromatic rings. The number of carboxylic acids is 1. The van der Waals surface area contributed by atoms with Crippen molar-refractivity contribution in [2.75, 3.05) is 0 Å². The number of carbonyl (C=O) groups is 1. The Morgan fingerprint density at radius 2 is 1.95 bits per heavy atom. The molecule has 0 saturated heterocycles. The van der Waals surface area contributed by atoms with Gasteiger partial charge in [-0.3, -0.25) is 9.36 Å². The average molecular weight is 294 g/mol. The Labute approximate surface area is 126 Å². The van der Waals surface area contributed by atoms with Crippen LogP contribution in [0, 0.1) is 5.92 Å². The lowest BCUT2D eigenvalue weighted by atomic mass is 10.0. The Balaban J connectivity index is 3.22. The number of nitrogens with zero attached hydrogens (tertiary/aromatic N) is 2. The molecule has 1 rings (SSSR count). The summed E-state index contributed by atoms with van der Waals surface area (Å²) >= 11 is 0. The molecule has 0 aliphatic heterocycles. The fourth-order valence-corrected chi connectivity index (χ4v) is 2.63. The molecule has 0 aromatic carbocycles. The van der Waals surface area contributed by atoms with Gasteiger partial charge in [0, 0.05) is 17.8 Å². The van der Waals surface area contributed by atoms with E-state index in [0.717, 1.165) is 24.1 Å².